The molecule has 0 spiro atoms. The van der Waals surface area contributed by atoms with Crippen molar-refractivity contribution in [3.05, 3.63) is 41.5 Å². The summed E-state index contributed by atoms with van der Waals surface area (Å²) in [6, 6.07) is 5.58. The number of aliphatic hydroxyl groups excluding tert-OH is 1. The van der Waals surface area contributed by atoms with E-state index in [0.717, 1.165) is 16.9 Å². The molecule has 0 saturated carbocycles. The Morgan fingerprint density at radius 2 is 2.00 bits per heavy atom. The highest BCUT2D eigenvalue weighted by Crippen LogP contribution is 2.51. The molecule has 0 saturated heterocycles. The van der Waals surface area contributed by atoms with Gasteiger partial charge in [0.15, 0.2) is 17.3 Å². The molecule has 1 aromatic carbocycles. The Bertz CT molecular complexity index is 629. The van der Waals surface area contributed by atoms with Crippen molar-refractivity contribution in [2.75, 3.05) is 21.0 Å². The Morgan fingerprint density at radius 3 is 2.68 bits per heavy atom. The molecule has 1 N–H and O–H groups in total. The van der Waals surface area contributed by atoms with Crippen molar-refractivity contribution in [2.45, 2.75) is 12.8 Å². The van der Waals surface area contributed by atoms with E-state index in [1.807, 2.05) is 24.3 Å². The zero-order chi connectivity index (χ0) is 16.2. The summed E-state index contributed by atoms with van der Waals surface area (Å²) in [5.74, 6) is 0.108. The third kappa shape index (κ3) is 3.78. The highest BCUT2D eigenvalue weighted by atomic mass is 31.2. The predicted octanol–water partition coefficient (Wildman–Crippen LogP) is 3.18. The van der Waals surface area contributed by atoms with Crippen LogP contribution in [-0.4, -0.2) is 32.0 Å². The summed E-state index contributed by atoms with van der Waals surface area (Å²) in [6.07, 6.45) is 5.07. The van der Waals surface area contributed by atoms with E-state index in [4.69, 9.17) is 18.5 Å². The molecule has 6 nitrogen and oxygen atoms in total. The molecule has 2 rings (SSSR count). The summed E-state index contributed by atoms with van der Waals surface area (Å²) in [6.45, 7) is 2.01. The zero-order valence-corrected chi connectivity index (χ0v) is 13.6. The highest BCUT2D eigenvalue weighted by Gasteiger charge is 2.30. The molecule has 120 valence electrons. The molecule has 0 aromatic heterocycles. The van der Waals surface area contributed by atoms with Crippen molar-refractivity contribution in [1.82, 2.24) is 0 Å². The molecule has 7 heteroatoms. The van der Waals surface area contributed by atoms with Gasteiger partial charge in [-0.2, -0.15) is 0 Å². The molecular weight excluding hydrogens is 307 g/mol. The van der Waals surface area contributed by atoms with E-state index < -0.39 is 13.4 Å². The third-order valence-corrected chi connectivity index (χ3v) is 5.00. The Balaban J connectivity index is 2.09. The lowest BCUT2D eigenvalue weighted by atomic mass is 10.1. The number of rotatable bonds is 6. The zero-order valence-electron chi connectivity index (χ0n) is 12.7. The lowest BCUT2D eigenvalue weighted by molar-refractivity contribution is 0.174. The number of fused-ring (bicyclic) bond motifs is 1. The van der Waals surface area contributed by atoms with Crippen LogP contribution in [-0.2, 0) is 13.6 Å². The van der Waals surface area contributed by atoms with Crippen LogP contribution in [0, 0.1) is 0 Å². The van der Waals surface area contributed by atoms with Crippen molar-refractivity contribution < 1.29 is 28.2 Å². The van der Waals surface area contributed by atoms with E-state index in [0.29, 0.717) is 5.75 Å². The molecule has 1 heterocycles. The average molecular weight is 326 g/mol. The second-order valence-corrected chi connectivity index (χ2v) is 7.01. The average Bonchev–Trinajstić information content (AvgIpc) is 2.99. The van der Waals surface area contributed by atoms with E-state index in [9.17, 15) is 9.67 Å². The first kappa shape index (κ1) is 16.8. The fraction of sp³-hybridized carbons (Fsp3) is 0.333. The number of hydrogen-bond donors (Lipinski definition) is 1. The minimum absolute atomic E-state index is 0.233. The smallest absolute Gasteiger partial charge is 0.362 e. The molecule has 1 aliphatic heterocycles. The van der Waals surface area contributed by atoms with Crippen molar-refractivity contribution in [1.29, 1.82) is 0 Å². The molecule has 1 aliphatic rings. The molecule has 0 aliphatic carbocycles. The molecule has 0 amide bonds. The fourth-order valence-electron chi connectivity index (χ4n) is 1.92. The van der Waals surface area contributed by atoms with E-state index in [-0.39, 0.29) is 6.79 Å². The summed E-state index contributed by atoms with van der Waals surface area (Å²) < 4.78 is 32.0. The van der Waals surface area contributed by atoms with Gasteiger partial charge in [-0.3, -0.25) is 4.57 Å². The molecule has 22 heavy (non-hydrogen) atoms. The maximum absolute atomic E-state index is 12.0. The van der Waals surface area contributed by atoms with Crippen molar-refractivity contribution in [3.63, 3.8) is 0 Å². The fourth-order valence-corrected chi connectivity index (χ4v) is 2.92. The number of hydrogen-bond acceptors (Lipinski definition) is 6. The number of benzene rings is 1. The molecule has 0 bridgehead atoms. The SMILES string of the molecule is COP(=O)(OC)C(O)/C=C(C)/C=C/c1ccc2c(c1)OCO2. The van der Waals surface area contributed by atoms with E-state index in [1.165, 1.54) is 20.3 Å². The largest absolute Gasteiger partial charge is 0.454 e. The quantitative estimate of drug-likeness (QED) is 0.639. The standard InChI is InChI=1S/C15H19O6P/c1-11(8-15(16)22(17,18-2)19-3)4-5-12-6-7-13-14(9-12)21-10-20-13/h4-9,15-16H,10H2,1-3H3/b5-4+,11-8+. The molecule has 1 unspecified atom stereocenters. The highest BCUT2D eigenvalue weighted by molar-refractivity contribution is 7.54. The summed E-state index contributed by atoms with van der Waals surface area (Å²) in [5, 5.41) is 9.90. The lowest BCUT2D eigenvalue weighted by Gasteiger charge is -2.17. The first-order valence-corrected chi connectivity index (χ1v) is 8.25. The van der Waals surface area contributed by atoms with Gasteiger partial charge in [-0.25, -0.2) is 0 Å². The predicted molar refractivity (Wildman–Crippen MR) is 83.0 cm³/mol. The van der Waals surface area contributed by atoms with Crippen molar-refractivity contribution in [3.8, 4) is 11.5 Å². The molecule has 0 fully saturated rings. The first-order valence-electron chi connectivity index (χ1n) is 6.64. The summed E-state index contributed by atoms with van der Waals surface area (Å²) in [5.41, 5.74) is 1.65. The second-order valence-electron chi connectivity index (χ2n) is 4.68. The van der Waals surface area contributed by atoms with Crippen LogP contribution in [0.1, 0.15) is 12.5 Å². The molecular formula is C15H19O6P. The van der Waals surface area contributed by atoms with Crippen LogP contribution >= 0.6 is 7.60 Å². The van der Waals surface area contributed by atoms with E-state index in [2.05, 4.69) is 0 Å². The summed E-state index contributed by atoms with van der Waals surface area (Å²) in [4.78, 5) is 0. The van der Waals surface area contributed by atoms with Crippen LogP contribution in [0.4, 0.5) is 0 Å². The summed E-state index contributed by atoms with van der Waals surface area (Å²) in [7, 11) is -1.05. The monoisotopic (exact) mass is 326 g/mol. The van der Waals surface area contributed by atoms with Crippen LogP contribution in [0.5, 0.6) is 11.5 Å². The van der Waals surface area contributed by atoms with Gasteiger partial charge in [0.1, 0.15) is 0 Å². The summed E-state index contributed by atoms with van der Waals surface area (Å²) >= 11 is 0. The normalized spacial score (nSPS) is 16.3. The van der Waals surface area contributed by atoms with Crippen LogP contribution < -0.4 is 9.47 Å². The van der Waals surface area contributed by atoms with Gasteiger partial charge in [0.2, 0.25) is 6.79 Å². The van der Waals surface area contributed by atoms with Gasteiger partial charge in [0.25, 0.3) is 0 Å². The third-order valence-electron chi connectivity index (χ3n) is 3.18. The maximum Gasteiger partial charge on any atom is 0.362 e. The first-order chi connectivity index (χ1) is 10.5. The topological polar surface area (TPSA) is 74.2 Å². The number of aliphatic hydroxyl groups is 1. The Morgan fingerprint density at radius 1 is 1.32 bits per heavy atom. The molecule has 0 radical (unpaired) electrons. The van der Waals surface area contributed by atoms with Gasteiger partial charge >= 0.3 is 7.60 Å². The van der Waals surface area contributed by atoms with Crippen molar-refractivity contribution in [2.24, 2.45) is 0 Å². The minimum atomic E-state index is -3.52. The van der Waals surface area contributed by atoms with Gasteiger partial charge in [-0.05, 0) is 30.7 Å². The van der Waals surface area contributed by atoms with Gasteiger partial charge in [0.05, 0.1) is 0 Å². The van der Waals surface area contributed by atoms with Crippen LogP contribution in [0.15, 0.2) is 35.9 Å². The van der Waals surface area contributed by atoms with E-state index >= 15 is 0 Å². The minimum Gasteiger partial charge on any atom is -0.454 e. The van der Waals surface area contributed by atoms with Gasteiger partial charge in [-0.15, -0.1) is 0 Å². The Kier molecular flexibility index (Phi) is 5.42. The molecule has 1 aromatic rings. The van der Waals surface area contributed by atoms with Crippen LogP contribution in [0.25, 0.3) is 6.08 Å². The van der Waals surface area contributed by atoms with Crippen LogP contribution in [0.2, 0.25) is 0 Å². The van der Waals surface area contributed by atoms with Gasteiger partial charge in [0, 0.05) is 14.2 Å². The number of allylic oxidation sites excluding steroid dienone is 2. The van der Waals surface area contributed by atoms with Gasteiger partial charge < -0.3 is 23.6 Å². The van der Waals surface area contributed by atoms with Crippen LogP contribution in [0.3, 0.4) is 0 Å². The second kappa shape index (κ2) is 7.11. The lowest BCUT2D eigenvalue weighted by Crippen LogP contribution is -2.07. The maximum atomic E-state index is 12.0. The Labute approximate surface area is 129 Å². The van der Waals surface area contributed by atoms with E-state index in [1.54, 1.807) is 13.0 Å². The van der Waals surface area contributed by atoms with Gasteiger partial charge in [-0.1, -0.05) is 23.8 Å². The van der Waals surface area contributed by atoms with Crippen molar-refractivity contribution >= 4 is 13.7 Å². The number of ether oxygens (including phenoxy) is 2. The molecule has 1 atom stereocenters. The Hall–Kier alpha value is -1.59.